The van der Waals surface area contributed by atoms with Gasteiger partial charge in [0.05, 0.1) is 0 Å². The Morgan fingerprint density at radius 2 is 1.89 bits per heavy atom. The van der Waals surface area contributed by atoms with E-state index in [9.17, 15) is 0 Å². The van der Waals surface area contributed by atoms with Gasteiger partial charge in [0.1, 0.15) is 6.26 Å². The summed E-state index contributed by atoms with van der Waals surface area (Å²) in [5, 5.41) is 8.02. The molecule has 9 heavy (non-hydrogen) atoms. The van der Waals surface area contributed by atoms with Crippen molar-refractivity contribution in [1.29, 1.82) is 0 Å². The molecule has 0 aliphatic carbocycles. The Hall–Kier alpha value is -0.500. The zero-order valence-corrected chi connectivity index (χ0v) is 6.43. The summed E-state index contributed by atoms with van der Waals surface area (Å²) in [5.41, 5.74) is 1.10. The van der Waals surface area contributed by atoms with E-state index in [1.54, 1.807) is 0 Å². The van der Waals surface area contributed by atoms with Gasteiger partial charge < -0.3 is 4.89 Å². The Morgan fingerprint density at radius 1 is 1.44 bits per heavy atom. The molecule has 0 radical (unpaired) electrons. The van der Waals surface area contributed by atoms with E-state index in [4.69, 9.17) is 5.26 Å². The molecule has 0 bridgehead atoms. The Labute approximate surface area is 56.1 Å². The fourth-order valence-electron chi connectivity index (χ4n) is 0.256. The van der Waals surface area contributed by atoms with Gasteiger partial charge in [-0.2, -0.15) is 0 Å². The third-order valence-corrected chi connectivity index (χ3v) is 1.41. The molecule has 54 valence electrons. The van der Waals surface area contributed by atoms with Gasteiger partial charge in [0.25, 0.3) is 0 Å². The molecule has 0 aromatic carbocycles. The predicted octanol–water partition coefficient (Wildman–Crippen LogP) is 2.43. The molecule has 0 saturated carbocycles. The highest BCUT2D eigenvalue weighted by Crippen LogP contribution is 2.23. The van der Waals surface area contributed by atoms with Crippen molar-refractivity contribution in [3.05, 3.63) is 11.8 Å². The molecule has 2 heteroatoms. The first-order valence-electron chi connectivity index (χ1n) is 2.96. The number of allylic oxidation sites excluding steroid dienone is 1. The van der Waals surface area contributed by atoms with Gasteiger partial charge in [0.2, 0.25) is 0 Å². The molecule has 0 fully saturated rings. The molecular formula is C7H14O2. The topological polar surface area (TPSA) is 29.5 Å². The molecule has 0 unspecified atom stereocenters. The van der Waals surface area contributed by atoms with Gasteiger partial charge in [0.15, 0.2) is 0 Å². The maximum atomic E-state index is 8.02. The van der Waals surface area contributed by atoms with Gasteiger partial charge in [-0.1, -0.05) is 20.8 Å². The first kappa shape index (κ1) is 8.50. The van der Waals surface area contributed by atoms with Crippen LogP contribution >= 0.6 is 0 Å². The van der Waals surface area contributed by atoms with Crippen LogP contribution in [0.3, 0.4) is 0 Å². The number of hydrogen-bond donors (Lipinski definition) is 1. The van der Waals surface area contributed by atoms with E-state index >= 15 is 0 Å². The summed E-state index contributed by atoms with van der Waals surface area (Å²) >= 11 is 0. The van der Waals surface area contributed by atoms with E-state index in [0.717, 1.165) is 5.57 Å². The molecule has 0 aliphatic heterocycles. The lowest BCUT2D eigenvalue weighted by molar-refractivity contribution is -0.188. The van der Waals surface area contributed by atoms with E-state index < -0.39 is 0 Å². The minimum absolute atomic E-state index is 0.0860. The van der Waals surface area contributed by atoms with Crippen molar-refractivity contribution in [2.45, 2.75) is 27.7 Å². The van der Waals surface area contributed by atoms with Crippen LogP contribution < -0.4 is 0 Å². The van der Waals surface area contributed by atoms with E-state index in [2.05, 4.69) is 25.7 Å². The highest BCUT2D eigenvalue weighted by atomic mass is 17.1. The Balaban J connectivity index is 4.03. The summed E-state index contributed by atoms with van der Waals surface area (Å²) < 4.78 is 0. The molecule has 0 aromatic heterocycles. The molecule has 0 aliphatic rings. The van der Waals surface area contributed by atoms with Gasteiger partial charge in [-0.3, -0.25) is 0 Å². The van der Waals surface area contributed by atoms with Gasteiger partial charge in [0, 0.05) is 0 Å². The van der Waals surface area contributed by atoms with Crippen molar-refractivity contribution < 1.29 is 10.1 Å². The summed E-state index contributed by atoms with van der Waals surface area (Å²) in [6.45, 7) is 8.07. The monoisotopic (exact) mass is 130 g/mol. The smallest absolute Gasteiger partial charge is 0.128 e. The van der Waals surface area contributed by atoms with Crippen molar-refractivity contribution >= 4 is 0 Å². The van der Waals surface area contributed by atoms with E-state index in [-0.39, 0.29) is 5.41 Å². The normalized spacial score (nSPS) is 13.7. The maximum Gasteiger partial charge on any atom is 0.128 e. The van der Waals surface area contributed by atoms with E-state index in [1.165, 1.54) is 6.26 Å². The SMILES string of the molecule is C/C(=C\OO)C(C)(C)C. The summed E-state index contributed by atoms with van der Waals surface area (Å²) in [7, 11) is 0. The van der Waals surface area contributed by atoms with Crippen LogP contribution in [-0.4, -0.2) is 5.26 Å². The molecule has 0 saturated heterocycles. The highest BCUT2D eigenvalue weighted by molar-refractivity contribution is 5.03. The highest BCUT2D eigenvalue weighted by Gasteiger charge is 2.12. The van der Waals surface area contributed by atoms with E-state index in [1.807, 2.05) is 6.92 Å². The molecule has 1 N–H and O–H groups in total. The summed E-state index contributed by atoms with van der Waals surface area (Å²) in [6.07, 6.45) is 1.35. The Kier molecular flexibility index (Phi) is 2.71. The van der Waals surface area contributed by atoms with Gasteiger partial charge in [-0.15, -0.1) is 0 Å². The van der Waals surface area contributed by atoms with Gasteiger partial charge in [-0.25, -0.2) is 5.26 Å². The first-order chi connectivity index (χ1) is 3.98. The van der Waals surface area contributed by atoms with Crippen molar-refractivity contribution in [2.24, 2.45) is 5.41 Å². The lowest BCUT2D eigenvalue weighted by Crippen LogP contribution is -2.06. The van der Waals surface area contributed by atoms with Crippen LogP contribution in [0.1, 0.15) is 27.7 Å². The van der Waals surface area contributed by atoms with Crippen LogP contribution in [0.15, 0.2) is 11.8 Å². The van der Waals surface area contributed by atoms with Crippen molar-refractivity contribution in [1.82, 2.24) is 0 Å². The second-order valence-electron chi connectivity index (χ2n) is 3.16. The van der Waals surface area contributed by atoms with Crippen LogP contribution in [0, 0.1) is 5.41 Å². The zero-order chi connectivity index (χ0) is 7.49. The molecule has 0 aromatic rings. The molecule has 0 atom stereocenters. The van der Waals surface area contributed by atoms with E-state index in [0.29, 0.717) is 0 Å². The summed E-state index contributed by atoms with van der Waals surface area (Å²) in [6, 6.07) is 0. The predicted molar refractivity (Wildman–Crippen MR) is 36.9 cm³/mol. The summed E-state index contributed by atoms with van der Waals surface area (Å²) in [4.78, 5) is 3.87. The lowest BCUT2D eigenvalue weighted by atomic mass is 9.89. The van der Waals surface area contributed by atoms with Crippen molar-refractivity contribution in [3.63, 3.8) is 0 Å². The first-order valence-corrected chi connectivity index (χ1v) is 2.96. The summed E-state index contributed by atoms with van der Waals surface area (Å²) in [5.74, 6) is 0. The van der Waals surface area contributed by atoms with Crippen LogP contribution in [0.5, 0.6) is 0 Å². The second kappa shape index (κ2) is 2.87. The standard InChI is InChI=1S/C7H14O2/c1-6(5-9-8)7(2,3)4/h5,8H,1-4H3/b6-5+. The second-order valence-corrected chi connectivity index (χ2v) is 3.16. The Morgan fingerprint density at radius 3 is 2.00 bits per heavy atom. The molecule has 2 nitrogen and oxygen atoms in total. The number of hydrogen-bond acceptors (Lipinski definition) is 2. The molecular weight excluding hydrogens is 116 g/mol. The third-order valence-electron chi connectivity index (χ3n) is 1.41. The minimum atomic E-state index is 0.0860. The van der Waals surface area contributed by atoms with Gasteiger partial charge >= 0.3 is 0 Å². The van der Waals surface area contributed by atoms with Crippen molar-refractivity contribution in [2.75, 3.05) is 0 Å². The molecule has 0 rings (SSSR count). The largest absolute Gasteiger partial charge is 0.348 e. The minimum Gasteiger partial charge on any atom is -0.348 e. The van der Waals surface area contributed by atoms with Crippen LogP contribution in [0.2, 0.25) is 0 Å². The van der Waals surface area contributed by atoms with Gasteiger partial charge in [-0.05, 0) is 17.9 Å². The van der Waals surface area contributed by atoms with Crippen molar-refractivity contribution in [3.8, 4) is 0 Å². The maximum absolute atomic E-state index is 8.02. The average molecular weight is 130 g/mol. The molecule has 0 spiro atoms. The lowest BCUT2D eigenvalue weighted by Gasteiger charge is -2.17. The molecule has 0 amide bonds. The average Bonchev–Trinajstić information content (AvgIpc) is 1.64. The van der Waals surface area contributed by atoms with Crippen LogP contribution in [0.4, 0.5) is 0 Å². The Bertz CT molecular complexity index is 109. The fourth-order valence-corrected chi connectivity index (χ4v) is 0.256. The number of rotatable bonds is 1. The van der Waals surface area contributed by atoms with Crippen LogP contribution in [-0.2, 0) is 4.89 Å². The zero-order valence-electron chi connectivity index (χ0n) is 6.43. The fraction of sp³-hybridized carbons (Fsp3) is 0.714. The third kappa shape index (κ3) is 3.14. The molecule has 0 heterocycles. The van der Waals surface area contributed by atoms with Crippen LogP contribution in [0.25, 0.3) is 0 Å². The quantitative estimate of drug-likeness (QED) is 0.335.